The lowest BCUT2D eigenvalue weighted by Crippen LogP contribution is -2.45. The third kappa shape index (κ3) is 2.47. The predicted octanol–water partition coefficient (Wildman–Crippen LogP) is 2.61. The van der Waals surface area contributed by atoms with Crippen molar-refractivity contribution in [1.82, 2.24) is 5.43 Å². The fourth-order valence-electron chi connectivity index (χ4n) is 2.85. The van der Waals surface area contributed by atoms with Crippen LogP contribution in [0.4, 0.5) is 13.2 Å². The van der Waals surface area contributed by atoms with Crippen LogP contribution in [0, 0.1) is 17.2 Å². The number of rotatable bonds is 1. The highest BCUT2D eigenvalue weighted by Gasteiger charge is 2.55. The number of allylic oxidation sites excluding steroid dienone is 1. The summed E-state index contributed by atoms with van der Waals surface area (Å²) in [5.41, 5.74) is 7.21. The van der Waals surface area contributed by atoms with Crippen molar-refractivity contribution in [3.63, 3.8) is 0 Å². The summed E-state index contributed by atoms with van der Waals surface area (Å²) in [6, 6.07) is 8.21. The number of nitrogens with zero attached hydrogens (tertiary/aromatic N) is 2. The van der Waals surface area contributed by atoms with E-state index in [1.54, 1.807) is 24.3 Å². The maximum Gasteiger partial charge on any atom is 0.431 e. The van der Waals surface area contributed by atoms with Crippen LogP contribution < -0.4 is 11.2 Å². The summed E-state index contributed by atoms with van der Waals surface area (Å²) < 4.78 is 45.0. The SMILES string of the molecule is N#CC1=C(N)O[C@@H]2NN=C(C(F)(F)F)[C@@H]2[C@@H]1c1ccccc1Cl. The Balaban J connectivity index is 2.18. The van der Waals surface area contributed by atoms with E-state index in [9.17, 15) is 18.4 Å². The van der Waals surface area contributed by atoms with Gasteiger partial charge in [-0.05, 0) is 11.6 Å². The van der Waals surface area contributed by atoms with Crippen molar-refractivity contribution in [3.8, 4) is 6.07 Å². The highest BCUT2D eigenvalue weighted by molar-refractivity contribution is 6.31. The fraction of sp³-hybridized carbons (Fsp3) is 0.286. The number of hydrazone groups is 1. The molecule has 0 spiro atoms. The van der Waals surface area contributed by atoms with E-state index in [1.807, 2.05) is 6.07 Å². The number of fused-ring (bicyclic) bond motifs is 1. The molecule has 3 rings (SSSR count). The fourth-order valence-corrected chi connectivity index (χ4v) is 3.10. The lowest BCUT2D eigenvalue weighted by molar-refractivity contribution is -0.0661. The van der Waals surface area contributed by atoms with Crippen LogP contribution in [0.1, 0.15) is 11.5 Å². The summed E-state index contributed by atoms with van der Waals surface area (Å²) in [7, 11) is 0. The summed E-state index contributed by atoms with van der Waals surface area (Å²) >= 11 is 6.12. The monoisotopic (exact) mass is 342 g/mol. The molecule has 0 amide bonds. The maximum atomic E-state index is 13.3. The number of nitriles is 1. The van der Waals surface area contributed by atoms with Gasteiger partial charge in [-0.1, -0.05) is 29.8 Å². The van der Waals surface area contributed by atoms with E-state index in [0.717, 1.165) is 0 Å². The summed E-state index contributed by atoms with van der Waals surface area (Å²) in [5, 5.41) is 12.9. The number of nitrogens with one attached hydrogen (secondary N) is 1. The van der Waals surface area contributed by atoms with Crippen LogP contribution in [0.3, 0.4) is 0 Å². The Morgan fingerprint density at radius 1 is 1.35 bits per heavy atom. The smallest absolute Gasteiger partial charge is 0.431 e. The zero-order valence-electron chi connectivity index (χ0n) is 11.4. The highest BCUT2D eigenvalue weighted by Crippen LogP contribution is 2.46. The average molecular weight is 343 g/mol. The molecule has 2 aliphatic rings. The first kappa shape index (κ1) is 15.5. The largest absolute Gasteiger partial charge is 0.453 e. The standard InChI is InChI=1S/C14H10ClF3N4O/c15-8-4-2-1-3-6(8)9-7(5-19)12(20)23-13-10(9)11(21-22-13)14(16,17)18/h1-4,9-10,13,22H,20H2/t9-,10+,13+/m1/s1. The molecule has 0 saturated carbocycles. The molecule has 0 fully saturated rings. The first-order valence-electron chi connectivity index (χ1n) is 6.55. The van der Waals surface area contributed by atoms with Gasteiger partial charge in [0, 0.05) is 10.9 Å². The second-order valence-electron chi connectivity index (χ2n) is 5.08. The summed E-state index contributed by atoms with van der Waals surface area (Å²) in [6.45, 7) is 0. The van der Waals surface area contributed by atoms with Crippen molar-refractivity contribution >= 4 is 17.3 Å². The molecule has 5 nitrogen and oxygen atoms in total. The van der Waals surface area contributed by atoms with Crippen molar-refractivity contribution in [2.45, 2.75) is 18.3 Å². The van der Waals surface area contributed by atoms with E-state index in [2.05, 4.69) is 10.5 Å². The van der Waals surface area contributed by atoms with Gasteiger partial charge in [0.25, 0.3) is 0 Å². The lowest BCUT2D eigenvalue weighted by atomic mass is 9.76. The minimum Gasteiger partial charge on any atom is -0.453 e. The number of hydrogen-bond acceptors (Lipinski definition) is 5. The van der Waals surface area contributed by atoms with Crippen molar-refractivity contribution < 1.29 is 17.9 Å². The molecule has 0 unspecified atom stereocenters. The Morgan fingerprint density at radius 2 is 2.04 bits per heavy atom. The molecule has 0 radical (unpaired) electrons. The highest BCUT2D eigenvalue weighted by atomic mass is 35.5. The molecule has 0 saturated heterocycles. The van der Waals surface area contributed by atoms with E-state index in [4.69, 9.17) is 22.1 Å². The molecule has 0 aliphatic carbocycles. The predicted molar refractivity (Wildman–Crippen MR) is 76.0 cm³/mol. The van der Waals surface area contributed by atoms with Gasteiger partial charge < -0.3 is 10.5 Å². The van der Waals surface area contributed by atoms with Crippen LogP contribution in [0.25, 0.3) is 0 Å². The van der Waals surface area contributed by atoms with Gasteiger partial charge in [-0.25, -0.2) is 0 Å². The maximum absolute atomic E-state index is 13.3. The quantitative estimate of drug-likeness (QED) is 0.821. The number of halogens is 4. The van der Waals surface area contributed by atoms with Crippen molar-refractivity contribution in [2.75, 3.05) is 0 Å². The molecular weight excluding hydrogens is 333 g/mol. The molecule has 3 atom stereocenters. The Hall–Kier alpha value is -2.40. The normalized spacial score (nSPS) is 26.7. The van der Waals surface area contributed by atoms with Gasteiger partial charge >= 0.3 is 6.18 Å². The molecule has 9 heteroatoms. The molecule has 0 aromatic heterocycles. The van der Waals surface area contributed by atoms with Crippen molar-refractivity contribution in [3.05, 3.63) is 46.3 Å². The minimum atomic E-state index is -4.66. The van der Waals surface area contributed by atoms with E-state index in [0.29, 0.717) is 5.56 Å². The van der Waals surface area contributed by atoms with Crippen LogP contribution in [0.2, 0.25) is 5.02 Å². The lowest BCUT2D eigenvalue weighted by Gasteiger charge is -2.34. The van der Waals surface area contributed by atoms with Gasteiger partial charge in [-0.15, -0.1) is 0 Å². The van der Waals surface area contributed by atoms with Gasteiger partial charge in [0.15, 0.2) is 11.9 Å². The van der Waals surface area contributed by atoms with Gasteiger partial charge in [-0.3, -0.25) is 5.43 Å². The van der Waals surface area contributed by atoms with Crippen LogP contribution >= 0.6 is 11.6 Å². The Labute approximate surface area is 134 Å². The third-order valence-electron chi connectivity index (χ3n) is 3.79. The summed E-state index contributed by atoms with van der Waals surface area (Å²) in [4.78, 5) is 0. The van der Waals surface area contributed by atoms with Gasteiger partial charge in [0.2, 0.25) is 5.88 Å². The van der Waals surface area contributed by atoms with Crippen LogP contribution in [0.15, 0.2) is 40.8 Å². The number of ether oxygens (including phenoxy) is 1. The Morgan fingerprint density at radius 3 is 2.65 bits per heavy atom. The summed E-state index contributed by atoms with van der Waals surface area (Å²) in [5.74, 6) is -2.48. The first-order valence-corrected chi connectivity index (χ1v) is 6.93. The van der Waals surface area contributed by atoms with Gasteiger partial charge in [-0.2, -0.15) is 23.5 Å². The zero-order valence-corrected chi connectivity index (χ0v) is 12.2. The number of hydrogen-bond donors (Lipinski definition) is 2. The molecule has 1 aromatic carbocycles. The summed E-state index contributed by atoms with van der Waals surface area (Å²) in [6.07, 6.45) is -5.77. The molecule has 0 bridgehead atoms. The molecule has 2 aliphatic heterocycles. The third-order valence-corrected chi connectivity index (χ3v) is 4.14. The number of benzene rings is 1. The topological polar surface area (TPSA) is 83.4 Å². The van der Waals surface area contributed by atoms with Crippen LogP contribution in [-0.4, -0.2) is 18.1 Å². The zero-order chi connectivity index (χ0) is 16.8. The van der Waals surface area contributed by atoms with Crippen molar-refractivity contribution in [2.24, 2.45) is 16.8 Å². The molecule has 23 heavy (non-hydrogen) atoms. The molecule has 3 N–H and O–H groups in total. The van der Waals surface area contributed by atoms with Crippen LogP contribution in [0.5, 0.6) is 0 Å². The minimum absolute atomic E-state index is 0.0972. The van der Waals surface area contributed by atoms with Gasteiger partial charge in [0.1, 0.15) is 6.07 Å². The van der Waals surface area contributed by atoms with E-state index < -0.39 is 30.0 Å². The Kier molecular flexibility index (Phi) is 3.60. The molecule has 1 aromatic rings. The van der Waals surface area contributed by atoms with E-state index in [-0.39, 0.29) is 16.5 Å². The molecule has 2 heterocycles. The second-order valence-corrected chi connectivity index (χ2v) is 5.48. The molecular formula is C14H10ClF3N4O. The van der Waals surface area contributed by atoms with E-state index in [1.165, 1.54) is 0 Å². The molecule has 120 valence electrons. The van der Waals surface area contributed by atoms with Crippen molar-refractivity contribution in [1.29, 1.82) is 5.26 Å². The first-order chi connectivity index (χ1) is 10.8. The average Bonchev–Trinajstić information content (AvgIpc) is 2.90. The number of alkyl halides is 3. The van der Waals surface area contributed by atoms with Gasteiger partial charge in [0.05, 0.1) is 11.5 Å². The van der Waals surface area contributed by atoms with E-state index >= 15 is 0 Å². The second kappa shape index (κ2) is 5.35. The Bertz CT molecular complexity index is 753. The number of nitrogens with two attached hydrogens (primary N) is 1. The van der Waals surface area contributed by atoms with Crippen LogP contribution in [-0.2, 0) is 4.74 Å².